The third-order valence-electron chi connectivity index (χ3n) is 5.08. The fourth-order valence-corrected chi connectivity index (χ4v) is 4.00. The lowest BCUT2D eigenvalue weighted by molar-refractivity contribution is -0.117. The van der Waals surface area contributed by atoms with Gasteiger partial charge in [0.2, 0.25) is 0 Å². The number of methoxy groups -OCH3 is 1. The molecule has 0 aliphatic rings. The van der Waals surface area contributed by atoms with E-state index < -0.39 is 5.91 Å². The van der Waals surface area contributed by atoms with Crippen LogP contribution in [-0.4, -0.2) is 13.0 Å². The molecule has 33 heavy (non-hydrogen) atoms. The molecule has 1 amide bonds. The molecule has 1 atom stereocenters. The Morgan fingerprint density at radius 3 is 2.48 bits per heavy atom. The van der Waals surface area contributed by atoms with E-state index in [0.29, 0.717) is 23.7 Å². The molecule has 168 valence electrons. The summed E-state index contributed by atoms with van der Waals surface area (Å²) in [4.78, 5) is 12.7. The number of rotatable bonds is 8. The highest BCUT2D eigenvalue weighted by Crippen LogP contribution is 2.35. The number of hydrogen-bond donors (Lipinski definition) is 1. The molecule has 1 N–H and O–H groups in total. The van der Waals surface area contributed by atoms with Gasteiger partial charge in [-0.25, -0.2) is 0 Å². The number of nitrogens with zero attached hydrogens (tertiary/aromatic N) is 1. The van der Waals surface area contributed by atoms with E-state index >= 15 is 0 Å². The Labute approximate surface area is 208 Å². The first kappa shape index (κ1) is 24.3. The lowest BCUT2D eigenvalue weighted by Crippen LogP contribution is -2.27. The topological polar surface area (TPSA) is 71.3 Å². The number of carbonyl (C=O) groups excluding carboxylic acids is 1. The summed E-state index contributed by atoms with van der Waals surface area (Å²) in [7, 11) is 1.57. The van der Waals surface area contributed by atoms with Gasteiger partial charge in [0, 0.05) is 0 Å². The van der Waals surface area contributed by atoms with Crippen LogP contribution < -0.4 is 14.8 Å². The molecule has 3 aromatic rings. The van der Waals surface area contributed by atoms with Gasteiger partial charge in [0.1, 0.15) is 18.2 Å². The van der Waals surface area contributed by atoms with Crippen LogP contribution in [0, 0.1) is 21.8 Å². The van der Waals surface area contributed by atoms with E-state index in [1.54, 1.807) is 19.3 Å². The zero-order valence-electron chi connectivity index (χ0n) is 18.8. The Bertz CT molecular complexity index is 1180. The van der Waals surface area contributed by atoms with Gasteiger partial charge in [0.25, 0.3) is 5.91 Å². The number of carbonyl (C=O) groups is 1. The van der Waals surface area contributed by atoms with Gasteiger partial charge in [-0.3, -0.25) is 4.79 Å². The zero-order chi connectivity index (χ0) is 23.8. The van der Waals surface area contributed by atoms with Crippen molar-refractivity contribution in [1.29, 1.82) is 5.26 Å². The monoisotopic (exact) mass is 552 g/mol. The Kier molecular flexibility index (Phi) is 8.50. The number of nitrogens with one attached hydrogen (secondary N) is 1. The minimum Gasteiger partial charge on any atom is -0.493 e. The molecule has 0 spiro atoms. The average Bonchev–Trinajstić information content (AvgIpc) is 2.83. The smallest absolute Gasteiger partial charge is 0.262 e. The van der Waals surface area contributed by atoms with E-state index in [9.17, 15) is 10.1 Å². The molecular formula is C27H25IN2O3. The second kappa shape index (κ2) is 11.5. The third kappa shape index (κ3) is 6.59. The van der Waals surface area contributed by atoms with E-state index in [0.717, 1.165) is 14.7 Å². The van der Waals surface area contributed by atoms with Crippen molar-refractivity contribution in [3.05, 3.63) is 98.1 Å². The fraction of sp³-hybridized carbons (Fsp3) is 0.185. The fourth-order valence-electron chi connectivity index (χ4n) is 3.22. The Morgan fingerprint density at radius 1 is 1.15 bits per heavy atom. The van der Waals surface area contributed by atoms with Crippen LogP contribution in [0.3, 0.4) is 0 Å². The number of amides is 1. The highest BCUT2D eigenvalue weighted by molar-refractivity contribution is 14.1. The summed E-state index contributed by atoms with van der Waals surface area (Å²) >= 11 is 2.17. The number of nitriles is 1. The van der Waals surface area contributed by atoms with Crippen molar-refractivity contribution in [2.45, 2.75) is 26.5 Å². The summed E-state index contributed by atoms with van der Waals surface area (Å²) in [6.07, 6.45) is 1.56. The van der Waals surface area contributed by atoms with Crippen molar-refractivity contribution in [2.24, 2.45) is 0 Å². The molecule has 0 radical (unpaired) electrons. The van der Waals surface area contributed by atoms with E-state index in [-0.39, 0.29) is 11.6 Å². The minimum absolute atomic E-state index is 0.0176. The molecule has 0 saturated carbocycles. The molecule has 3 rings (SSSR count). The molecule has 0 bridgehead atoms. The number of halogens is 1. The van der Waals surface area contributed by atoms with Crippen LogP contribution >= 0.6 is 22.6 Å². The molecular weight excluding hydrogens is 527 g/mol. The van der Waals surface area contributed by atoms with Gasteiger partial charge in [0.15, 0.2) is 11.5 Å². The van der Waals surface area contributed by atoms with E-state index in [4.69, 9.17) is 9.47 Å². The van der Waals surface area contributed by atoms with Crippen LogP contribution in [0.15, 0.2) is 72.3 Å². The van der Waals surface area contributed by atoms with Gasteiger partial charge in [-0.1, -0.05) is 60.2 Å². The molecule has 0 fully saturated rings. The zero-order valence-corrected chi connectivity index (χ0v) is 20.9. The second-order valence-corrected chi connectivity index (χ2v) is 8.75. The molecule has 6 heteroatoms. The number of aryl methyl sites for hydroxylation is 1. The molecule has 0 saturated heterocycles. The second-order valence-electron chi connectivity index (χ2n) is 7.58. The van der Waals surface area contributed by atoms with Gasteiger partial charge in [0.05, 0.1) is 16.7 Å². The van der Waals surface area contributed by atoms with Crippen LogP contribution in [-0.2, 0) is 11.4 Å². The van der Waals surface area contributed by atoms with Crippen molar-refractivity contribution in [2.75, 3.05) is 7.11 Å². The van der Waals surface area contributed by atoms with Crippen molar-refractivity contribution >= 4 is 34.6 Å². The summed E-state index contributed by atoms with van der Waals surface area (Å²) < 4.78 is 12.4. The van der Waals surface area contributed by atoms with Gasteiger partial charge >= 0.3 is 0 Å². The summed E-state index contributed by atoms with van der Waals surface area (Å²) in [5.74, 6) is 0.731. The SMILES string of the molecule is COc1cc(/C=C(/C#N)C(=O)N[C@H](C)c2ccccc2)cc(I)c1OCc1ccc(C)cc1. The first-order chi connectivity index (χ1) is 15.9. The standard InChI is InChI=1S/C27H25IN2O3/c1-18-9-11-20(12-10-18)17-33-26-24(28)14-21(15-25(26)32-3)13-23(16-29)27(31)30-19(2)22-7-5-4-6-8-22/h4-15,19H,17H2,1-3H3,(H,30,31)/b23-13-/t19-/m1/s1. The van der Waals surface area contributed by atoms with Crippen molar-refractivity contribution in [3.8, 4) is 17.6 Å². The van der Waals surface area contributed by atoms with E-state index in [2.05, 4.69) is 27.9 Å². The Morgan fingerprint density at radius 2 is 1.85 bits per heavy atom. The molecule has 0 aliphatic carbocycles. The van der Waals surface area contributed by atoms with Crippen molar-refractivity contribution in [1.82, 2.24) is 5.32 Å². The maximum Gasteiger partial charge on any atom is 0.262 e. The molecule has 0 unspecified atom stereocenters. The quantitative estimate of drug-likeness (QED) is 0.212. The molecule has 3 aromatic carbocycles. The van der Waals surface area contributed by atoms with E-state index in [1.807, 2.05) is 80.6 Å². The predicted molar refractivity (Wildman–Crippen MR) is 138 cm³/mol. The number of hydrogen-bond acceptors (Lipinski definition) is 4. The minimum atomic E-state index is -0.428. The first-order valence-electron chi connectivity index (χ1n) is 10.4. The Hall–Kier alpha value is -3.31. The number of benzene rings is 3. The van der Waals surface area contributed by atoms with Crippen LogP contribution in [0.5, 0.6) is 11.5 Å². The maximum atomic E-state index is 12.7. The lowest BCUT2D eigenvalue weighted by Gasteiger charge is -2.15. The Balaban J connectivity index is 1.78. The summed E-state index contributed by atoms with van der Waals surface area (Å²) in [6, 6.07) is 23.2. The molecule has 0 heterocycles. The number of ether oxygens (including phenoxy) is 2. The van der Waals surface area contributed by atoms with Gasteiger partial charge < -0.3 is 14.8 Å². The normalized spacial score (nSPS) is 11.9. The first-order valence-corrected chi connectivity index (χ1v) is 11.5. The van der Waals surface area contributed by atoms with Crippen LogP contribution in [0.4, 0.5) is 0 Å². The average molecular weight is 552 g/mol. The van der Waals surface area contributed by atoms with Crippen LogP contribution in [0.25, 0.3) is 6.08 Å². The van der Waals surface area contributed by atoms with Gasteiger partial charge in [-0.15, -0.1) is 0 Å². The van der Waals surface area contributed by atoms with Crippen LogP contribution in [0.1, 0.15) is 35.2 Å². The third-order valence-corrected chi connectivity index (χ3v) is 5.88. The molecule has 0 aliphatic heterocycles. The summed E-state index contributed by atoms with van der Waals surface area (Å²) in [6.45, 7) is 4.33. The lowest BCUT2D eigenvalue weighted by atomic mass is 10.1. The summed E-state index contributed by atoms with van der Waals surface area (Å²) in [5.41, 5.74) is 3.91. The highest BCUT2D eigenvalue weighted by Gasteiger charge is 2.16. The van der Waals surface area contributed by atoms with E-state index in [1.165, 1.54) is 5.56 Å². The molecule has 5 nitrogen and oxygen atoms in total. The summed E-state index contributed by atoms with van der Waals surface area (Å²) in [5, 5.41) is 12.5. The highest BCUT2D eigenvalue weighted by atomic mass is 127. The van der Waals surface area contributed by atoms with Crippen molar-refractivity contribution in [3.63, 3.8) is 0 Å². The van der Waals surface area contributed by atoms with Crippen molar-refractivity contribution < 1.29 is 14.3 Å². The maximum absolute atomic E-state index is 12.7. The largest absolute Gasteiger partial charge is 0.493 e. The van der Waals surface area contributed by atoms with Gasteiger partial charge in [-0.2, -0.15) is 5.26 Å². The van der Waals surface area contributed by atoms with Crippen LogP contribution in [0.2, 0.25) is 0 Å². The predicted octanol–water partition coefficient (Wildman–Crippen LogP) is 5.97. The van der Waals surface area contributed by atoms with Gasteiger partial charge in [-0.05, 0) is 71.3 Å². The molecule has 0 aromatic heterocycles.